The summed E-state index contributed by atoms with van der Waals surface area (Å²) >= 11 is 0. The van der Waals surface area contributed by atoms with Gasteiger partial charge in [-0.2, -0.15) is 5.10 Å². The minimum Gasteiger partial charge on any atom is -0.322 e. The third-order valence-corrected chi connectivity index (χ3v) is 2.43. The van der Waals surface area contributed by atoms with Gasteiger partial charge in [0, 0.05) is 12.4 Å². The molecule has 3 aromatic rings. The number of hydrogen-bond donors (Lipinski definition) is 0. The average molecular weight is 210 g/mol. The van der Waals surface area contributed by atoms with E-state index in [0.29, 0.717) is 0 Å². The highest BCUT2D eigenvalue weighted by Crippen LogP contribution is 2.17. The molecular formula is C12H10N4. The van der Waals surface area contributed by atoms with Gasteiger partial charge in [0.05, 0.1) is 11.4 Å². The first-order valence-corrected chi connectivity index (χ1v) is 5.02. The zero-order chi connectivity index (χ0) is 10.8. The van der Waals surface area contributed by atoms with Crippen LogP contribution in [0.1, 0.15) is 0 Å². The molecule has 78 valence electrons. The van der Waals surface area contributed by atoms with E-state index in [-0.39, 0.29) is 0 Å². The lowest BCUT2D eigenvalue weighted by Crippen LogP contribution is -2.01. The van der Waals surface area contributed by atoms with Gasteiger partial charge >= 0.3 is 0 Å². The van der Waals surface area contributed by atoms with E-state index in [0.717, 1.165) is 11.4 Å². The standard InChI is InChI=1S/C12H10N4/c1-2-6-12(16-10-13-9-14-16)11(5-1)15-7-3-4-8-15/h1-10H. The third kappa shape index (κ3) is 1.40. The van der Waals surface area contributed by atoms with Crippen LogP contribution in [-0.2, 0) is 0 Å². The third-order valence-electron chi connectivity index (χ3n) is 2.43. The number of rotatable bonds is 2. The predicted molar refractivity (Wildman–Crippen MR) is 60.7 cm³/mol. The van der Waals surface area contributed by atoms with Crippen molar-refractivity contribution in [2.75, 3.05) is 0 Å². The van der Waals surface area contributed by atoms with Crippen molar-refractivity contribution in [3.8, 4) is 11.4 Å². The maximum atomic E-state index is 4.15. The van der Waals surface area contributed by atoms with Gasteiger partial charge in [0.15, 0.2) is 0 Å². The van der Waals surface area contributed by atoms with Crippen LogP contribution in [0.2, 0.25) is 0 Å². The van der Waals surface area contributed by atoms with Crippen molar-refractivity contribution in [3.05, 3.63) is 61.4 Å². The highest BCUT2D eigenvalue weighted by molar-refractivity contribution is 5.51. The van der Waals surface area contributed by atoms with E-state index in [2.05, 4.69) is 20.7 Å². The normalized spacial score (nSPS) is 10.5. The quantitative estimate of drug-likeness (QED) is 0.649. The van der Waals surface area contributed by atoms with Gasteiger partial charge in [-0.15, -0.1) is 0 Å². The Bertz CT molecular complexity index is 514. The molecule has 0 aliphatic carbocycles. The van der Waals surface area contributed by atoms with Crippen molar-refractivity contribution in [1.29, 1.82) is 0 Å². The fraction of sp³-hybridized carbons (Fsp3) is 0. The van der Waals surface area contributed by atoms with Gasteiger partial charge in [-0.05, 0) is 24.3 Å². The van der Waals surface area contributed by atoms with Crippen molar-refractivity contribution in [2.24, 2.45) is 0 Å². The van der Waals surface area contributed by atoms with Crippen LogP contribution in [-0.4, -0.2) is 19.3 Å². The van der Waals surface area contributed by atoms with Gasteiger partial charge in [0.2, 0.25) is 0 Å². The summed E-state index contributed by atoms with van der Waals surface area (Å²) in [5.41, 5.74) is 2.09. The Balaban J connectivity index is 2.19. The van der Waals surface area contributed by atoms with Crippen LogP contribution < -0.4 is 0 Å². The van der Waals surface area contributed by atoms with Crippen molar-refractivity contribution in [2.45, 2.75) is 0 Å². The summed E-state index contributed by atoms with van der Waals surface area (Å²) in [6.07, 6.45) is 7.25. The molecule has 16 heavy (non-hydrogen) atoms. The smallest absolute Gasteiger partial charge is 0.138 e. The van der Waals surface area contributed by atoms with Crippen LogP contribution in [0.3, 0.4) is 0 Å². The van der Waals surface area contributed by atoms with Crippen LogP contribution in [0.15, 0.2) is 61.4 Å². The first kappa shape index (κ1) is 8.91. The lowest BCUT2D eigenvalue weighted by molar-refractivity contribution is 0.863. The molecule has 3 rings (SSSR count). The van der Waals surface area contributed by atoms with Gasteiger partial charge in [-0.25, -0.2) is 9.67 Å². The van der Waals surface area contributed by atoms with E-state index in [4.69, 9.17) is 0 Å². The molecule has 0 aliphatic rings. The zero-order valence-corrected chi connectivity index (χ0v) is 8.56. The molecule has 0 saturated heterocycles. The fourth-order valence-corrected chi connectivity index (χ4v) is 1.70. The fourth-order valence-electron chi connectivity index (χ4n) is 1.70. The van der Waals surface area contributed by atoms with E-state index in [9.17, 15) is 0 Å². The molecule has 0 unspecified atom stereocenters. The topological polar surface area (TPSA) is 35.6 Å². The minimum atomic E-state index is 1.01. The number of nitrogens with zero attached hydrogens (tertiary/aromatic N) is 4. The summed E-state index contributed by atoms with van der Waals surface area (Å²) in [6.45, 7) is 0. The molecule has 0 aliphatic heterocycles. The van der Waals surface area contributed by atoms with Crippen LogP contribution >= 0.6 is 0 Å². The van der Waals surface area contributed by atoms with Crippen molar-refractivity contribution >= 4 is 0 Å². The first-order chi connectivity index (χ1) is 7.95. The lowest BCUT2D eigenvalue weighted by atomic mass is 10.2. The monoisotopic (exact) mass is 210 g/mol. The molecule has 0 atom stereocenters. The molecule has 0 amide bonds. The molecule has 0 radical (unpaired) electrons. The molecule has 0 saturated carbocycles. The summed E-state index contributed by atoms with van der Waals surface area (Å²) < 4.78 is 3.81. The molecule has 1 aromatic carbocycles. The largest absolute Gasteiger partial charge is 0.322 e. The highest BCUT2D eigenvalue weighted by Gasteiger charge is 2.04. The highest BCUT2D eigenvalue weighted by atomic mass is 15.3. The van der Waals surface area contributed by atoms with Crippen LogP contribution in [0.5, 0.6) is 0 Å². The summed E-state index contributed by atoms with van der Waals surface area (Å²) in [6, 6.07) is 12.1. The van der Waals surface area contributed by atoms with Crippen molar-refractivity contribution in [1.82, 2.24) is 19.3 Å². The summed E-state index contributed by atoms with van der Waals surface area (Å²) in [7, 11) is 0. The van der Waals surface area contributed by atoms with Crippen molar-refractivity contribution in [3.63, 3.8) is 0 Å². The number of benzene rings is 1. The Labute approximate surface area is 92.8 Å². The molecule has 4 nitrogen and oxygen atoms in total. The molecule has 0 spiro atoms. The minimum absolute atomic E-state index is 1.01. The average Bonchev–Trinajstić information content (AvgIpc) is 3.03. The van der Waals surface area contributed by atoms with Gasteiger partial charge < -0.3 is 4.57 Å². The Hall–Kier alpha value is -2.36. The number of para-hydroxylation sites is 2. The first-order valence-electron chi connectivity index (χ1n) is 5.02. The van der Waals surface area contributed by atoms with Crippen LogP contribution in [0.4, 0.5) is 0 Å². The number of hydrogen-bond acceptors (Lipinski definition) is 2. The maximum absolute atomic E-state index is 4.15. The Morgan fingerprint density at radius 3 is 2.31 bits per heavy atom. The van der Waals surface area contributed by atoms with Gasteiger partial charge in [0.1, 0.15) is 12.7 Å². The second-order valence-electron chi connectivity index (χ2n) is 3.42. The summed E-state index contributed by atoms with van der Waals surface area (Å²) in [5, 5.41) is 4.15. The Morgan fingerprint density at radius 1 is 0.875 bits per heavy atom. The van der Waals surface area contributed by atoms with Crippen LogP contribution in [0.25, 0.3) is 11.4 Å². The van der Waals surface area contributed by atoms with Gasteiger partial charge in [-0.3, -0.25) is 0 Å². The number of aromatic nitrogens is 4. The van der Waals surface area contributed by atoms with Gasteiger partial charge in [-0.1, -0.05) is 12.1 Å². The maximum Gasteiger partial charge on any atom is 0.138 e. The summed E-state index contributed by atoms with van der Waals surface area (Å²) in [4.78, 5) is 3.96. The second kappa shape index (κ2) is 3.66. The molecule has 0 N–H and O–H groups in total. The molecule has 2 heterocycles. The van der Waals surface area contributed by atoms with E-state index in [1.807, 2.05) is 42.7 Å². The Morgan fingerprint density at radius 2 is 1.62 bits per heavy atom. The van der Waals surface area contributed by atoms with Gasteiger partial charge in [0.25, 0.3) is 0 Å². The van der Waals surface area contributed by atoms with E-state index < -0.39 is 0 Å². The van der Waals surface area contributed by atoms with E-state index in [1.165, 1.54) is 6.33 Å². The predicted octanol–water partition coefficient (Wildman–Crippen LogP) is 2.06. The molecule has 0 fully saturated rings. The van der Waals surface area contributed by atoms with Crippen molar-refractivity contribution < 1.29 is 0 Å². The molecular weight excluding hydrogens is 200 g/mol. The second-order valence-corrected chi connectivity index (χ2v) is 3.42. The lowest BCUT2D eigenvalue weighted by Gasteiger charge is -2.09. The Kier molecular flexibility index (Phi) is 2.04. The van der Waals surface area contributed by atoms with E-state index in [1.54, 1.807) is 11.0 Å². The van der Waals surface area contributed by atoms with Crippen LogP contribution in [0, 0.1) is 0 Å². The molecule has 0 bridgehead atoms. The van der Waals surface area contributed by atoms with E-state index >= 15 is 0 Å². The molecule has 4 heteroatoms. The SMILES string of the molecule is c1ccc(-n2cncn2)c(-n2cccc2)c1. The summed E-state index contributed by atoms with van der Waals surface area (Å²) in [5.74, 6) is 0. The molecule has 2 aromatic heterocycles. The zero-order valence-electron chi connectivity index (χ0n) is 8.56.